The van der Waals surface area contributed by atoms with Crippen LogP contribution in [0.2, 0.25) is 0 Å². The summed E-state index contributed by atoms with van der Waals surface area (Å²) >= 11 is 0. The van der Waals surface area contributed by atoms with E-state index in [0.29, 0.717) is 5.69 Å². The molecule has 0 aliphatic carbocycles. The van der Waals surface area contributed by atoms with Gasteiger partial charge in [-0.2, -0.15) is 0 Å². The average molecular weight is 167 g/mol. The summed E-state index contributed by atoms with van der Waals surface area (Å²) < 4.78 is 12.3. The van der Waals surface area contributed by atoms with Gasteiger partial charge in [0.05, 0.1) is 5.69 Å². The van der Waals surface area contributed by atoms with Gasteiger partial charge in [0, 0.05) is 5.69 Å². The molecule has 1 rings (SSSR count). The summed E-state index contributed by atoms with van der Waals surface area (Å²) in [6.07, 6.45) is 0.969. The summed E-state index contributed by atoms with van der Waals surface area (Å²) in [5, 5.41) is 0. The minimum atomic E-state index is -0.467. The van der Waals surface area contributed by atoms with Crippen molar-refractivity contribution in [2.24, 2.45) is 0 Å². The molecule has 0 saturated carbocycles. The van der Waals surface area contributed by atoms with Crippen LogP contribution in [0.5, 0.6) is 0 Å². The Balaban J connectivity index is 3.18. The zero-order valence-electron chi connectivity index (χ0n) is 7.82. The maximum absolute atomic E-state index is 12.3. The van der Waals surface area contributed by atoms with E-state index in [1.54, 1.807) is 0 Å². The second-order valence-corrected chi connectivity index (χ2v) is 2.98. The highest BCUT2D eigenvalue weighted by molar-refractivity contribution is 5.30. The first-order valence-corrected chi connectivity index (χ1v) is 4.21. The van der Waals surface area contributed by atoms with Gasteiger partial charge in [-0.3, -0.25) is 4.98 Å². The summed E-state index contributed by atoms with van der Waals surface area (Å²) in [7, 11) is 0. The predicted molar refractivity (Wildman–Crippen MR) is 47.9 cm³/mol. The van der Waals surface area contributed by atoms with Crippen LogP contribution in [-0.2, 0) is 13.1 Å². The number of alkyl halides is 1. The molecule has 0 radical (unpaired) electrons. The normalized spacial score (nSPS) is 10.3. The van der Waals surface area contributed by atoms with E-state index in [9.17, 15) is 4.39 Å². The molecule has 0 saturated heterocycles. The fraction of sp³-hybridized carbons (Fsp3) is 0.500. The predicted octanol–water partition coefficient (Wildman–Crippen LogP) is 2.73. The highest BCUT2D eigenvalue weighted by Gasteiger charge is 2.03. The monoisotopic (exact) mass is 167 g/mol. The zero-order chi connectivity index (χ0) is 9.14. The van der Waals surface area contributed by atoms with Gasteiger partial charge in [0.2, 0.25) is 0 Å². The van der Waals surface area contributed by atoms with Gasteiger partial charge in [-0.15, -0.1) is 0 Å². The number of hydrogen-bond donors (Lipinski definition) is 0. The summed E-state index contributed by atoms with van der Waals surface area (Å²) in [5.74, 6) is 0. The first kappa shape index (κ1) is 9.17. The Hall–Kier alpha value is -0.920. The fourth-order valence-corrected chi connectivity index (χ4v) is 1.54. The first-order chi connectivity index (χ1) is 5.69. The van der Waals surface area contributed by atoms with E-state index in [2.05, 4.69) is 11.9 Å². The maximum atomic E-state index is 12.3. The van der Waals surface area contributed by atoms with Crippen LogP contribution in [0.15, 0.2) is 6.07 Å². The Labute approximate surface area is 72.6 Å². The molecule has 66 valence electrons. The van der Waals surface area contributed by atoms with Gasteiger partial charge in [0.15, 0.2) is 0 Å². The van der Waals surface area contributed by atoms with Gasteiger partial charge < -0.3 is 0 Å². The average Bonchev–Trinajstić information content (AvgIpc) is 2.03. The Bertz CT molecular complexity index is 258. The third-order valence-corrected chi connectivity index (χ3v) is 2.10. The molecular weight excluding hydrogens is 153 g/mol. The first-order valence-electron chi connectivity index (χ1n) is 4.21. The van der Waals surface area contributed by atoms with Crippen molar-refractivity contribution in [1.29, 1.82) is 0 Å². The van der Waals surface area contributed by atoms with Crippen LogP contribution >= 0.6 is 0 Å². The van der Waals surface area contributed by atoms with Gasteiger partial charge in [-0.25, -0.2) is 4.39 Å². The smallest absolute Gasteiger partial charge is 0.131 e. The van der Waals surface area contributed by atoms with Crippen molar-refractivity contribution >= 4 is 0 Å². The Morgan fingerprint density at radius 1 is 1.42 bits per heavy atom. The Kier molecular flexibility index (Phi) is 2.79. The topological polar surface area (TPSA) is 12.9 Å². The van der Waals surface area contributed by atoms with Crippen molar-refractivity contribution in [2.75, 3.05) is 0 Å². The van der Waals surface area contributed by atoms with Crippen molar-refractivity contribution in [1.82, 2.24) is 4.98 Å². The molecule has 0 atom stereocenters. The van der Waals surface area contributed by atoms with Gasteiger partial charge in [0.25, 0.3) is 0 Å². The number of halogens is 1. The van der Waals surface area contributed by atoms with E-state index in [1.165, 1.54) is 5.56 Å². The van der Waals surface area contributed by atoms with Crippen molar-refractivity contribution < 1.29 is 4.39 Å². The minimum absolute atomic E-state index is 0.467. The molecule has 0 unspecified atom stereocenters. The Morgan fingerprint density at radius 2 is 2.08 bits per heavy atom. The number of aromatic nitrogens is 1. The minimum Gasteiger partial charge on any atom is -0.255 e. The van der Waals surface area contributed by atoms with E-state index in [-0.39, 0.29) is 0 Å². The molecule has 1 aromatic rings. The van der Waals surface area contributed by atoms with Crippen LogP contribution in [-0.4, -0.2) is 4.98 Å². The maximum Gasteiger partial charge on any atom is 0.131 e. The van der Waals surface area contributed by atoms with E-state index >= 15 is 0 Å². The highest BCUT2D eigenvalue weighted by Crippen LogP contribution is 2.14. The van der Waals surface area contributed by atoms with E-state index in [0.717, 1.165) is 17.7 Å². The van der Waals surface area contributed by atoms with Crippen LogP contribution in [0, 0.1) is 13.8 Å². The molecule has 1 nitrogen and oxygen atoms in total. The zero-order valence-corrected chi connectivity index (χ0v) is 7.82. The molecule has 0 fully saturated rings. The number of pyridine rings is 1. The molecule has 0 aliphatic heterocycles. The van der Waals surface area contributed by atoms with Gasteiger partial charge in [0.1, 0.15) is 6.67 Å². The highest BCUT2D eigenvalue weighted by atomic mass is 19.1. The Morgan fingerprint density at radius 3 is 2.50 bits per heavy atom. The lowest BCUT2D eigenvalue weighted by molar-refractivity contribution is 0.475. The SMILES string of the molecule is CCc1c(C)cc(CF)nc1C. The van der Waals surface area contributed by atoms with Crippen molar-refractivity contribution in [3.8, 4) is 0 Å². The standard InChI is InChI=1S/C10H14FN/c1-4-10-7(2)5-9(6-11)12-8(10)3/h5H,4,6H2,1-3H3. The molecule has 1 heterocycles. The van der Waals surface area contributed by atoms with E-state index in [4.69, 9.17) is 0 Å². The van der Waals surface area contributed by atoms with Crippen LogP contribution in [0.3, 0.4) is 0 Å². The quantitative estimate of drug-likeness (QED) is 0.660. The van der Waals surface area contributed by atoms with Crippen LogP contribution < -0.4 is 0 Å². The lowest BCUT2D eigenvalue weighted by atomic mass is 10.0. The molecule has 12 heavy (non-hydrogen) atoms. The molecule has 0 N–H and O–H groups in total. The number of hydrogen-bond acceptors (Lipinski definition) is 1. The van der Waals surface area contributed by atoms with Crippen molar-refractivity contribution in [2.45, 2.75) is 33.9 Å². The van der Waals surface area contributed by atoms with E-state index < -0.39 is 6.67 Å². The third-order valence-electron chi connectivity index (χ3n) is 2.10. The molecule has 0 amide bonds. The van der Waals surface area contributed by atoms with Crippen molar-refractivity contribution in [3.05, 3.63) is 28.6 Å². The summed E-state index contributed by atoms with van der Waals surface area (Å²) in [6, 6.07) is 1.83. The van der Waals surface area contributed by atoms with Gasteiger partial charge >= 0.3 is 0 Å². The van der Waals surface area contributed by atoms with Gasteiger partial charge in [-0.1, -0.05) is 6.92 Å². The fourth-order valence-electron chi connectivity index (χ4n) is 1.54. The molecule has 1 aromatic heterocycles. The third kappa shape index (κ3) is 1.63. The second kappa shape index (κ2) is 3.65. The van der Waals surface area contributed by atoms with E-state index in [1.807, 2.05) is 19.9 Å². The number of rotatable bonds is 2. The molecule has 0 bridgehead atoms. The molecular formula is C10H14FN. The van der Waals surface area contributed by atoms with Crippen LogP contribution in [0.1, 0.15) is 29.4 Å². The molecule has 0 spiro atoms. The molecule has 2 heteroatoms. The van der Waals surface area contributed by atoms with Gasteiger partial charge in [-0.05, 0) is 37.5 Å². The lowest BCUT2D eigenvalue weighted by Gasteiger charge is -2.07. The summed E-state index contributed by atoms with van der Waals surface area (Å²) in [5.41, 5.74) is 3.90. The molecule has 0 aromatic carbocycles. The second-order valence-electron chi connectivity index (χ2n) is 2.98. The largest absolute Gasteiger partial charge is 0.255 e. The molecule has 0 aliphatic rings. The summed E-state index contributed by atoms with van der Waals surface area (Å²) in [6.45, 7) is 5.56. The lowest BCUT2D eigenvalue weighted by Crippen LogP contribution is -1.98. The van der Waals surface area contributed by atoms with Crippen LogP contribution in [0.25, 0.3) is 0 Å². The van der Waals surface area contributed by atoms with Crippen LogP contribution in [0.4, 0.5) is 4.39 Å². The van der Waals surface area contributed by atoms with Crippen molar-refractivity contribution in [3.63, 3.8) is 0 Å². The number of aryl methyl sites for hydroxylation is 2. The summed E-state index contributed by atoms with van der Waals surface area (Å²) in [4.78, 5) is 4.15. The number of nitrogens with zero attached hydrogens (tertiary/aromatic N) is 1.